The van der Waals surface area contributed by atoms with Crippen molar-refractivity contribution in [1.29, 1.82) is 0 Å². The molecular formula is C14H19F2NO2S. The van der Waals surface area contributed by atoms with Crippen LogP contribution in [0.25, 0.3) is 0 Å². The van der Waals surface area contributed by atoms with Gasteiger partial charge in [-0.15, -0.1) is 0 Å². The fourth-order valence-corrected chi connectivity index (χ4v) is 3.45. The van der Waals surface area contributed by atoms with Crippen molar-refractivity contribution >= 4 is 11.8 Å². The minimum absolute atomic E-state index is 0.0363. The highest BCUT2D eigenvalue weighted by Gasteiger charge is 2.31. The number of hydrogen-bond acceptors (Lipinski definition) is 4. The van der Waals surface area contributed by atoms with Crippen LogP contribution in [-0.4, -0.2) is 35.4 Å². The van der Waals surface area contributed by atoms with Gasteiger partial charge in [0, 0.05) is 18.3 Å². The molecule has 2 atom stereocenters. The van der Waals surface area contributed by atoms with E-state index in [0.29, 0.717) is 6.54 Å². The van der Waals surface area contributed by atoms with Crippen LogP contribution in [0.2, 0.25) is 0 Å². The van der Waals surface area contributed by atoms with E-state index < -0.39 is 12.2 Å². The summed E-state index contributed by atoms with van der Waals surface area (Å²) in [7, 11) is 0. The molecule has 20 heavy (non-hydrogen) atoms. The normalized spacial score (nSPS) is 24.1. The predicted octanol–water partition coefficient (Wildman–Crippen LogP) is 2.81. The molecular weight excluding hydrogens is 284 g/mol. The third-order valence-electron chi connectivity index (χ3n) is 3.40. The molecule has 0 aliphatic carbocycles. The van der Waals surface area contributed by atoms with Gasteiger partial charge in [-0.25, -0.2) is 0 Å². The van der Waals surface area contributed by atoms with E-state index in [1.54, 1.807) is 23.9 Å². The van der Waals surface area contributed by atoms with Gasteiger partial charge in [-0.05, 0) is 36.8 Å². The summed E-state index contributed by atoms with van der Waals surface area (Å²) in [6.45, 7) is -0.377. The lowest BCUT2D eigenvalue weighted by Crippen LogP contribution is -2.41. The number of thioether (sulfide) groups is 1. The van der Waals surface area contributed by atoms with Gasteiger partial charge in [0.15, 0.2) is 0 Å². The quantitative estimate of drug-likeness (QED) is 0.848. The third-order valence-corrected chi connectivity index (χ3v) is 4.64. The summed E-state index contributed by atoms with van der Waals surface area (Å²) in [5, 5.41) is 13.5. The zero-order valence-electron chi connectivity index (χ0n) is 11.3. The van der Waals surface area contributed by atoms with Crippen LogP contribution in [0, 0.1) is 0 Å². The topological polar surface area (TPSA) is 41.5 Å². The Balaban J connectivity index is 1.93. The lowest BCUT2D eigenvalue weighted by atomic mass is 10.0. The van der Waals surface area contributed by atoms with E-state index in [-0.39, 0.29) is 11.8 Å². The van der Waals surface area contributed by atoms with E-state index in [4.69, 9.17) is 0 Å². The molecule has 2 rings (SSSR count). The number of rotatable bonds is 6. The Morgan fingerprint density at radius 3 is 2.95 bits per heavy atom. The van der Waals surface area contributed by atoms with Crippen LogP contribution in [0.5, 0.6) is 5.75 Å². The fraction of sp³-hybridized carbons (Fsp3) is 0.571. The molecule has 1 aliphatic heterocycles. The molecule has 1 aromatic rings. The van der Waals surface area contributed by atoms with E-state index in [9.17, 15) is 13.9 Å². The maximum Gasteiger partial charge on any atom is 0.387 e. The zero-order valence-corrected chi connectivity index (χ0v) is 12.1. The molecule has 2 N–H and O–H groups in total. The van der Waals surface area contributed by atoms with Gasteiger partial charge in [-0.2, -0.15) is 20.5 Å². The first-order chi connectivity index (χ1) is 9.48. The van der Waals surface area contributed by atoms with Gasteiger partial charge in [0.25, 0.3) is 0 Å². The largest absolute Gasteiger partial charge is 0.435 e. The Bertz CT molecular complexity index is 439. The molecule has 1 aromatic carbocycles. The van der Waals surface area contributed by atoms with Crippen LogP contribution < -0.4 is 10.1 Å². The molecule has 1 heterocycles. The first-order valence-corrected chi connectivity index (χ1v) is 7.72. The average molecular weight is 303 g/mol. The number of ether oxygens (including phenoxy) is 1. The first kappa shape index (κ1) is 15.5. The lowest BCUT2D eigenvalue weighted by molar-refractivity contribution is -0.0499. The van der Waals surface area contributed by atoms with Crippen molar-refractivity contribution in [2.24, 2.45) is 0 Å². The van der Waals surface area contributed by atoms with E-state index >= 15 is 0 Å². The predicted molar refractivity (Wildman–Crippen MR) is 76.4 cm³/mol. The molecule has 1 aliphatic rings. The fourth-order valence-electron chi connectivity index (χ4n) is 2.16. The van der Waals surface area contributed by atoms with Crippen LogP contribution in [0.3, 0.4) is 0 Å². The number of halogens is 2. The monoisotopic (exact) mass is 303 g/mol. The summed E-state index contributed by atoms with van der Waals surface area (Å²) in [6, 6.07) is 6.60. The van der Waals surface area contributed by atoms with Gasteiger partial charge in [0.05, 0.1) is 5.60 Å². The highest BCUT2D eigenvalue weighted by molar-refractivity contribution is 7.99. The summed E-state index contributed by atoms with van der Waals surface area (Å²) < 4.78 is 28.8. The van der Waals surface area contributed by atoms with Crippen LogP contribution >= 0.6 is 11.8 Å². The van der Waals surface area contributed by atoms with Crippen LogP contribution in [0.1, 0.15) is 24.9 Å². The minimum atomic E-state index is -2.82. The molecule has 6 heteroatoms. The van der Waals surface area contributed by atoms with E-state index in [1.165, 1.54) is 6.07 Å². The maximum absolute atomic E-state index is 12.2. The van der Waals surface area contributed by atoms with Gasteiger partial charge >= 0.3 is 6.61 Å². The number of hydrogen-bond donors (Lipinski definition) is 2. The smallest absolute Gasteiger partial charge is 0.387 e. The molecule has 1 fully saturated rings. The minimum Gasteiger partial charge on any atom is -0.435 e. The summed E-state index contributed by atoms with van der Waals surface area (Å²) in [5.41, 5.74) is 0.202. The molecule has 0 bridgehead atoms. The standard InChI is InChI=1S/C14H19F2NO2S/c1-10(17-8-14(18)5-6-20-9-14)11-3-2-4-12(7-11)19-13(15)16/h2-4,7,10,13,17-18H,5-6,8-9H2,1H3. The molecule has 0 amide bonds. The van der Waals surface area contributed by atoms with Crippen LogP contribution in [-0.2, 0) is 0 Å². The van der Waals surface area contributed by atoms with Crippen molar-refractivity contribution in [2.75, 3.05) is 18.1 Å². The Hall–Kier alpha value is -0.850. The summed E-state index contributed by atoms with van der Waals surface area (Å²) in [6.07, 6.45) is 0.784. The molecule has 0 aromatic heterocycles. The number of alkyl halides is 2. The van der Waals surface area contributed by atoms with E-state index in [2.05, 4.69) is 10.1 Å². The number of aliphatic hydroxyl groups is 1. The molecule has 0 spiro atoms. The van der Waals surface area contributed by atoms with Crippen molar-refractivity contribution in [3.63, 3.8) is 0 Å². The lowest BCUT2D eigenvalue weighted by Gasteiger charge is -2.25. The van der Waals surface area contributed by atoms with Gasteiger partial charge in [-0.1, -0.05) is 12.1 Å². The molecule has 3 nitrogen and oxygen atoms in total. The van der Waals surface area contributed by atoms with Gasteiger partial charge in [0.1, 0.15) is 5.75 Å². The molecule has 0 radical (unpaired) electrons. The van der Waals surface area contributed by atoms with E-state index in [1.807, 2.05) is 13.0 Å². The van der Waals surface area contributed by atoms with Crippen LogP contribution in [0.4, 0.5) is 8.78 Å². The average Bonchev–Trinajstić information content (AvgIpc) is 2.83. The van der Waals surface area contributed by atoms with Crippen molar-refractivity contribution in [3.05, 3.63) is 29.8 Å². The van der Waals surface area contributed by atoms with Gasteiger partial charge in [0.2, 0.25) is 0 Å². The van der Waals surface area contributed by atoms with Gasteiger partial charge < -0.3 is 15.2 Å². The second-order valence-electron chi connectivity index (χ2n) is 5.08. The van der Waals surface area contributed by atoms with Crippen molar-refractivity contribution in [1.82, 2.24) is 5.32 Å². The third kappa shape index (κ3) is 4.33. The second kappa shape index (κ2) is 6.74. The van der Waals surface area contributed by atoms with Crippen molar-refractivity contribution < 1.29 is 18.6 Å². The molecule has 0 saturated carbocycles. The SMILES string of the molecule is CC(NCC1(O)CCSC1)c1cccc(OC(F)F)c1. The number of benzene rings is 1. The second-order valence-corrected chi connectivity index (χ2v) is 6.19. The maximum atomic E-state index is 12.2. The summed E-state index contributed by atoms with van der Waals surface area (Å²) in [5.74, 6) is 1.87. The van der Waals surface area contributed by atoms with Crippen molar-refractivity contribution in [2.45, 2.75) is 31.6 Å². The molecule has 112 valence electrons. The summed E-state index contributed by atoms with van der Waals surface area (Å²) >= 11 is 1.74. The van der Waals surface area contributed by atoms with E-state index in [0.717, 1.165) is 23.5 Å². The number of nitrogens with one attached hydrogen (secondary N) is 1. The van der Waals surface area contributed by atoms with Crippen molar-refractivity contribution in [3.8, 4) is 5.75 Å². The zero-order chi connectivity index (χ0) is 14.6. The highest BCUT2D eigenvalue weighted by Crippen LogP contribution is 2.28. The summed E-state index contributed by atoms with van der Waals surface area (Å²) in [4.78, 5) is 0. The first-order valence-electron chi connectivity index (χ1n) is 6.57. The molecule has 1 saturated heterocycles. The highest BCUT2D eigenvalue weighted by atomic mass is 32.2. The Morgan fingerprint density at radius 1 is 1.50 bits per heavy atom. The van der Waals surface area contributed by atoms with Crippen LogP contribution in [0.15, 0.2) is 24.3 Å². The molecule has 2 unspecified atom stereocenters. The Kier molecular flexibility index (Phi) is 5.23. The van der Waals surface area contributed by atoms with Gasteiger partial charge in [-0.3, -0.25) is 0 Å². The Morgan fingerprint density at radius 2 is 2.30 bits per heavy atom. The Labute approximate surface area is 121 Å².